The van der Waals surface area contributed by atoms with Gasteiger partial charge in [-0.1, -0.05) is 0 Å². The molecule has 0 atom stereocenters. The molecular formula is C14H13N3S. The molecule has 1 heterocycles. The minimum absolute atomic E-state index is 0.691. The Morgan fingerprint density at radius 3 is 2.94 bits per heavy atom. The van der Waals surface area contributed by atoms with Crippen LogP contribution in [0.3, 0.4) is 0 Å². The fourth-order valence-corrected chi connectivity index (χ4v) is 2.70. The van der Waals surface area contributed by atoms with Gasteiger partial charge in [-0.3, -0.25) is 0 Å². The van der Waals surface area contributed by atoms with Crippen molar-refractivity contribution in [3.8, 4) is 6.07 Å². The summed E-state index contributed by atoms with van der Waals surface area (Å²) in [6.45, 7) is 2.00. The van der Waals surface area contributed by atoms with E-state index >= 15 is 0 Å². The number of aryl methyl sites for hydroxylation is 1. The van der Waals surface area contributed by atoms with Crippen molar-refractivity contribution in [2.24, 2.45) is 0 Å². The molecule has 2 aromatic rings. The van der Waals surface area contributed by atoms with E-state index in [1.165, 1.54) is 18.5 Å². The Kier molecular flexibility index (Phi) is 2.77. The molecule has 0 saturated heterocycles. The number of nitrogens with one attached hydrogen (secondary N) is 1. The maximum atomic E-state index is 8.83. The standard InChI is InChI=1S/C14H13N3S/c1-9-6-10(7-15)2-5-12(9)16-14-17-13(8-18-14)11-3-4-11/h2,5-6,8,11H,3-4H2,1H3,(H,16,17). The molecule has 0 spiro atoms. The Hall–Kier alpha value is -1.86. The molecule has 1 N–H and O–H groups in total. The summed E-state index contributed by atoms with van der Waals surface area (Å²) >= 11 is 1.64. The van der Waals surface area contributed by atoms with Crippen molar-refractivity contribution in [1.29, 1.82) is 5.26 Å². The predicted octanol–water partition coefficient (Wildman–Crippen LogP) is 3.94. The lowest BCUT2D eigenvalue weighted by Crippen LogP contribution is -1.93. The van der Waals surface area contributed by atoms with Crippen LogP contribution in [0.1, 0.15) is 35.6 Å². The number of hydrogen-bond acceptors (Lipinski definition) is 4. The topological polar surface area (TPSA) is 48.7 Å². The van der Waals surface area contributed by atoms with Gasteiger partial charge in [0, 0.05) is 17.0 Å². The molecule has 0 aliphatic heterocycles. The zero-order valence-corrected chi connectivity index (χ0v) is 10.9. The van der Waals surface area contributed by atoms with Crippen LogP contribution in [0.4, 0.5) is 10.8 Å². The van der Waals surface area contributed by atoms with E-state index in [0.29, 0.717) is 11.5 Å². The molecule has 0 unspecified atom stereocenters. The largest absolute Gasteiger partial charge is 0.331 e. The number of rotatable bonds is 3. The van der Waals surface area contributed by atoms with Crippen LogP contribution in [0.25, 0.3) is 0 Å². The van der Waals surface area contributed by atoms with Gasteiger partial charge in [0.15, 0.2) is 5.13 Å². The first-order chi connectivity index (χ1) is 8.76. The van der Waals surface area contributed by atoms with Crippen molar-refractivity contribution < 1.29 is 0 Å². The summed E-state index contributed by atoms with van der Waals surface area (Å²) in [6.07, 6.45) is 2.55. The molecule has 1 aliphatic carbocycles. The molecule has 1 aromatic carbocycles. The molecule has 3 nitrogen and oxygen atoms in total. The number of aromatic nitrogens is 1. The van der Waals surface area contributed by atoms with E-state index < -0.39 is 0 Å². The van der Waals surface area contributed by atoms with E-state index in [0.717, 1.165) is 16.4 Å². The number of nitrogens with zero attached hydrogens (tertiary/aromatic N) is 2. The van der Waals surface area contributed by atoms with Gasteiger partial charge in [-0.2, -0.15) is 5.26 Å². The molecule has 0 bridgehead atoms. The third-order valence-corrected chi connectivity index (χ3v) is 3.89. The van der Waals surface area contributed by atoms with Crippen LogP contribution in [0, 0.1) is 18.3 Å². The average Bonchev–Trinajstić information content (AvgIpc) is 3.13. The summed E-state index contributed by atoms with van der Waals surface area (Å²) in [5, 5.41) is 15.2. The first-order valence-electron chi connectivity index (χ1n) is 5.99. The molecule has 4 heteroatoms. The number of anilines is 2. The van der Waals surface area contributed by atoms with Crippen molar-refractivity contribution in [1.82, 2.24) is 4.98 Å². The number of nitriles is 1. The zero-order valence-electron chi connectivity index (χ0n) is 10.1. The fourth-order valence-electron chi connectivity index (χ4n) is 1.90. The van der Waals surface area contributed by atoms with Gasteiger partial charge < -0.3 is 5.32 Å². The lowest BCUT2D eigenvalue weighted by molar-refractivity contribution is 1.05. The smallest absolute Gasteiger partial charge is 0.187 e. The summed E-state index contributed by atoms with van der Waals surface area (Å²) in [4.78, 5) is 4.59. The van der Waals surface area contributed by atoms with Crippen molar-refractivity contribution in [2.45, 2.75) is 25.7 Å². The van der Waals surface area contributed by atoms with Crippen molar-refractivity contribution in [3.05, 3.63) is 40.4 Å². The third kappa shape index (κ3) is 2.22. The summed E-state index contributed by atoms with van der Waals surface area (Å²) in [5.41, 5.74) is 3.99. The van der Waals surface area contributed by atoms with E-state index in [4.69, 9.17) is 5.26 Å². The predicted molar refractivity (Wildman–Crippen MR) is 73.3 cm³/mol. The van der Waals surface area contributed by atoms with Crippen molar-refractivity contribution in [3.63, 3.8) is 0 Å². The Balaban J connectivity index is 1.80. The van der Waals surface area contributed by atoms with Gasteiger partial charge in [0.25, 0.3) is 0 Å². The van der Waals surface area contributed by atoms with Crippen LogP contribution in [0.2, 0.25) is 0 Å². The van der Waals surface area contributed by atoms with E-state index in [1.54, 1.807) is 11.3 Å². The molecule has 1 aromatic heterocycles. The van der Waals surface area contributed by atoms with Crippen molar-refractivity contribution >= 4 is 22.2 Å². The van der Waals surface area contributed by atoms with Crippen LogP contribution < -0.4 is 5.32 Å². The lowest BCUT2D eigenvalue weighted by atomic mass is 10.1. The van der Waals surface area contributed by atoms with E-state index in [9.17, 15) is 0 Å². The van der Waals surface area contributed by atoms with E-state index in [2.05, 4.69) is 21.8 Å². The minimum atomic E-state index is 0.691. The van der Waals surface area contributed by atoms with Gasteiger partial charge in [-0.05, 0) is 43.5 Å². The van der Waals surface area contributed by atoms with E-state index in [1.807, 2.05) is 25.1 Å². The van der Waals surface area contributed by atoms with Gasteiger partial charge in [-0.15, -0.1) is 11.3 Å². The van der Waals surface area contributed by atoms with Gasteiger partial charge >= 0.3 is 0 Å². The average molecular weight is 255 g/mol. The molecule has 1 aliphatic rings. The maximum absolute atomic E-state index is 8.83. The van der Waals surface area contributed by atoms with Gasteiger partial charge in [0.05, 0.1) is 17.3 Å². The fraction of sp³-hybridized carbons (Fsp3) is 0.286. The van der Waals surface area contributed by atoms with Gasteiger partial charge in [0.2, 0.25) is 0 Å². The summed E-state index contributed by atoms with van der Waals surface area (Å²) in [5.74, 6) is 0.693. The van der Waals surface area contributed by atoms with Crippen LogP contribution in [-0.2, 0) is 0 Å². The Labute approximate surface area is 110 Å². The second-order valence-electron chi connectivity index (χ2n) is 4.62. The highest BCUT2D eigenvalue weighted by Gasteiger charge is 2.26. The first-order valence-corrected chi connectivity index (χ1v) is 6.87. The number of hydrogen-bond donors (Lipinski definition) is 1. The number of benzene rings is 1. The second kappa shape index (κ2) is 4.43. The van der Waals surface area contributed by atoms with Crippen LogP contribution in [0.5, 0.6) is 0 Å². The maximum Gasteiger partial charge on any atom is 0.187 e. The SMILES string of the molecule is Cc1cc(C#N)ccc1Nc1nc(C2CC2)cs1. The molecule has 18 heavy (non-hydrogen) atoms. The molecule has 1 saturated carbocycles. The van der Waals surface area contributed by atoms with Crippen LogP contribution in [0.15, 0.2) is 23.6 Å². The molecule has 0 radical (unpaired) electrons. The lowest BCUT2D eigenvalue weighted by Gasteiger charge is -2.06. The molecule has 1 fully saturated rings. The highest BCUT2D eigenvalue weighted by atomic mass is 32.1. The Bertz CT molecular complexity index is 620. The third-order valence-electron chi connectivity index (χ3n) is 3.11. The molecule has 0 amide bonds. The second-order valence-corrected chi connectivity index (χ2v) is 5.48. The first kappa shape index (κ1) is 11.2. The Morgan fingerprint density at radius 2 is 2.28 bits per heavy atom. The van der Waals surface area contributed by atoms with Gasteiger partial charge in [0.1, 0.15) is 0 Å². The quantitative estimate of drug-likeness (QED) is 0.903. The summed E-state index contributed by atoms with van der Waals surface area (Å²) in [6, 6.07) is 7.79. The summed E-state index contributed by atoms with van der Waals surface area (Å²) in [7, 11) is 0. The molecule has 90 valence electrons. The minimum Gasteiger partial charge on any atom is -0.331 e. The van der Waals surface area contributed by atoms with Crippen molar-refractivity contribution in [2.75, 3.05) is 5.32 Å². The van der Waals surface area contributed by atoms with Crippen LogP contribution in [-0.4, -0.2) is 4.98 Å². The highest BCUT2D eigenvalue weighted by Crippen LogP contribution is 2.41. The highest BCUT2D eigenvalue weighted by molar-refractivity contribution is 7.13. The number of thiazole rings is 1. The van der Waals surface area contributed by atoms with Crippen LogP contribution >= 0.6 is 11.3 Å². The summed E-state index contributed by atoms with van der Waals surface area (Å²) < 4.78 is 0. The zero-order chi connectivity index (χ0) is 12.5. The molecular weight excluding hydrogens is 242 g/mol. The Morgan fingerprint density at radius 1 is 1.44 bits per heavy atom. The van der Waals surface area contributed by atoms with E-state index in [-0.39, 0.29) is 0 Å². The normalized spacial score (nSPS) is 14.2. The monoisotopic (exact) mass is 255 g/mol. The molecule has 3 rings (SSSR count). The van der Waals surface area contributed by atoms with Gasteiger partial charge in [-0.25, -0.2) is 4.98 Å².